The van der Waals surface area contributed by atoms with Crippen molar-refractivity contribution in [1.82, 2.24) is 4.57 Å². The number of rotatable bonds is 4. The number of carbonyl (C=O) groups is 2. The van der Waals surface area contributed by atoms with Crippen molar-refractivity contribution in [2.45, 2.75) is 13.0 Å². The molecule has 1 heterocycles. The SMILES string of the molecule is C[C@H](OC(=O)c1cccn1C)C(=O)Nc1cccc2ccccc12. The van der Waals surface area contributed by atoms with Crippen molar-refractivity contribution in [3.8, 4) is 0 Å². The average Bonchev–Trinajstić information content (AvgIpc) is 3.01. The van der Waals surface area contributed by atoms with E-state index in [1.807, 2.05) is 42.5 Å². The number of hydrogen-bond acceptors (Lipinski definition) is 3. The number of benzene rings is 2. The first-order valence-corrected chi connectivity index (χ1v) is 7.67. The minimum absolute atomic E-state index is 0.367. The Hall–Kier alpha value is -3.08. The van der Waals surface area contributed by atoms with Crippen molar-refractivity contribution in [2.75, 3.05) is 5.32 Å². The lowest BCUT2D eigenvalue weighted by Gasteiger charge is -2.15. The van der Waals surface area contributed by atoms with Gasteiger partial charge in [-0.15, -0.1) is 0 Å². The zero-order valence-electron chi connectivity index (χ0n) is 13.5. The number of nitrogens with zero attached hydrogens (tertiary/aromatic N) is 1. The van der Waals surface area contributed by atoms with Crippen LogP contribution in [-0.4, -0.2) is 22.5 Å². The normalized spacial score (nSPS) is 11.9. The van der Waals surface area contributed by atoms with Crippen molar-refractivity contribution < 1.29 is 14.3 Å². The van der Waals surface area contributed by atoms with Crippen LogP contribution in [0.2, 0.25) is 0 Å². The predicted octanol–water partition coefficient (Wildman–Crippen LogP) is 3.36. The van der Waals surface area contributed by atoms with Gasteiger partial charge in [0.05, 0.1) is 0 Å². The van der Waals surface area contributed by atoms with Gasteiger partial charge >= 0.3 is 5.97 Å². The highest BCUT2D eigenvalue weighted by atomic mass is 16.5. The Bertz CT molecular complexity index is 893. The molecule has 0 aliphatic rings. The van der Waals surface area contributed by atoms with Crippen LogP contribution in [0.25, 0.3) is 10.8 Å². The summed E-state index contributed by atoms with van der Waals surface area (Å²) >= 11 is 0. The molecule has 0 fully saturated rings. The first-order chi connectivity index (χ1) is 11.6. The monoisotopic (exact) mass is 322 g/mol. The van der Waals surface area contributed by atoms with Gasteiger partial charge in [-0.05, 0) is 30.5 Å². The summed E-state index contributed by atoms with van der Waals surface area (Å²) in [5.41, 5.74) is 1.10. The molecule has 0 bridgehead atoms. The number of aryl methyl sites for hydroxylation is 1. The number of nitrogens with one attached hydrogen (secondary N) is 1. The zero-order valence-corrected chi connectivity index (χ0v) is 13.5. The van der Waals surface area contributed by atoms with Crippen molar-refractivity contribution in [3.05, 3.63) is 66.5 Å². The maximum absolute atomic E-state index is 12.4. The van der Waals surface area contributed by atoms with E-state index in [1.54, 1.807) is 36.9 Å². The molecule has 0 aliphatic heterocycles. The fourth-order valence-electron chi connectivity index (χ4n) is 2.52. The topological polar surface area (TPSA) is 60.3 Å². The Balaban J connectivity index is 1.72. The van der Waals surface area contributed by atoms with E-state index >= 15 is 0 Å². The molecule has 1 amide bonds. The summed E-state index contributed by atoms with van der Waals surface area (Å²) in [6, 6.07) is 16.8. The number of carbonyl (C=O) groups excluding carboxylic acids is 2. The molecule has 1 aromatic heterocycles. The summed E-state index contributed by atoms with van der Waals surface area (Å²) in [4.78, 5) is 24.4. The Kier molecular flexibility index (Phi) is 4.33. The van der Waals surface area contributed by atoms with Gasteiger partial charge in [0.25, 0.3) is 5.91 Å². The first kappa shape index (κ1) is 15.8. The second-order valence-electron chi connectivity index (χ2n) is 5.57. The summed E-state index contributed by atoms with van der Waals surface area (Å²) in [5, 5.41) is 4.80. The van der Waals surface area contributed by atoms with E-state index in [0.717, 1.165) is 10.8 Å². The highest BCUT2D eigenvalue weighted by molar-refractivity contribution is 6.04. The van der Waals surface area contributed by atoms with Gasteiger partial charge in [-0.1, -0.05) is 36.4 Å². The first-order valence-electron chi connectivity index (χ1n) is 7.67. The number of ether oxygens (including phenoxy) is 1. The van der Waals surface area contributed by atoms with Crippen molar-refractivity contribution in [2.24, 2.45) is 7.05 Å². The van der Waals surface area contributed by atoms with Crippen LogP contribution in [-0.2, 0) is 16.6 Å². The molecule has 3 rings (SSSR count). The number of amides is 1. The Morgan fingerprint density at radius 2 is 1.79 bits per heavy atom. The van der Waals surface area contributed by atoms with Crippen molar-refractivity contribution in [3.63, 3.8) is 0 Å². The molecule has 2 aromatic carbocycles. The molecule has 0 unspecified atom stereocenters. The van der Waals surface area contributed by atoms with Crippen LogP contribution in [0.4, 0.5) is 5.69 Å². The van der Waals surface area contributed by atoms with Crippen LogP contribution in [0.1, 0.15) is 17.4 Å². The standard InChI is InChI=1S/C19H18N2O3/c1-13(24-19(23)17-11-6-12-21(17)2)18(22)20-16-10-5-8-14-7-3-4-9-15(14)16/h3-13H,1-2H3,(H,20,22)/t13-/m0/s1. The van der Waals surface area contributed by atoms with Gasteiger partial charge in [0.1, 0.15) is 5.69 Å². The van der Waals surface area contributed by atoms with Crippen LogP contribution in [0.3, 0.4) is 0 Å². The van der Waals surface area contributed by atoms with Crippen LogP contribution < -0.4 is 5.32 Å². The molecular weight excluding hydrogens is 304 g/mol. The molecule has 0 radical (unpaired) electrons. The van der Waals surface area contributed by atoms with E-state index in [4.69, 9.17) is 4.74 Å². The third-order valence-electron chi connectivity index (χ3n) is 3.85. The van der Waals surface area contributed by atoms with Gasteiger partial charge < -0.3 is 14.6 Å². The van der Waals surface area contributed by atoms with Gasteiger partial charge in [0.15, 0.2) is 6.10 Å². The van der Waals surface area contributed by atoms with Crippen LogP contribution in [0, 0.1) is 0 Å². The Morgan fingerprint density at radius 3 is 2.54 bits per heavy atom. The summed E-state index contributed by atoms with van der Waals surface area (Å²) in [7, 11) is 1.75. The lowest BCUT2D eigenvalue weighted by Crippen LogP contribution is -2.30. The van der Waals surface area contributed by atoms with Crippen molar-refractivity contribution in [1.29, 1.82) is 0 Å². The zero-order chi connectivity index (χ0) is 17.1. The number of fused-ring (bicyclic) bond motifs is 1. The molecule has 0 saturated heterocycles. The predicted molar refractivity (Wildman–Crippen MR) is 92.9 cm³/mol. The molecular formula is C19H18N2O3. The third kappa shape index (κ3) is 3.15. The quantitative estimate of drug-likeness (QED) is 0.749. The van der Waals surface area contributed by atoms with Crippen LogP contribution in [0.5, 0.6) is 0 Å². The molecule has 0 saturated carbocycles. The summed E-state index contributed by atoms with van der Waals surface area (Å²) in [6.07, 6.45) is 0.851. The molecule has 122 valence electrons. The minimum Gasteiger partial charge on any atom is -0.448 e. The van der Waals surface area contributed by atoms with Crippen LogP contribution >= 0.6 is 0 Å². The maximum atomic E-state index is 12.4. The van der Waals surface area contributed by atoms with Gasteiger partial charge in [0, 0.05) is 24.3 Å². The van der Waals surface area contributed by atoms with E-state index < -0.39 is 12.1 Å². The Morgan fingerprint density at radius 1 is 1.04 bits per heavy atom. The van der Waals surface area contributed by atoms with Gasteiger partial charge in [0.2, 0.25) is 0 Å². The fraction of sp³-hybridized carbons (Fsp3) is 0.158. The summed E-state index contributed by atoms with van der Waals surface area (Å²) in [5.74, 6) is -0.892. The smallest absolute Gasteiger partial charge is 0.355 e. The second-order valence-corrected chi connectivity index (χ2v) is 5.57. The number of aromatic nitrogens is 1. The van der Waals surface area contributed by atoms with E-state index in [1.165, 1.54) is 0 Å². The summed E-state index contributed by atoms with van der Waals surface area (Å²) in [6.45, 7) is 1.56. The van der Waals surface area contributed by atoms with Crippen LogP contribution in [0.15, 0.2) is 60.8 Å². The highest BCUT2D eigenvalue weighted by Crippen LogP contribution is 2.23. The van der Waals surface area contributed by atoms with E-state index in [9.17, 15) is 9.59 Å². The molecule has 1 atom stereocenters. The van der Waals surface area contributed by atoms with Gasteiger partial charge in [-0.3, -0.25) is 4.79 Å². The Labute approximate surface area is 139 Å². The van der Waals surface area contributed by atoms with E-state index in [2.05, 4.69) is 5.32 Å². The largest absolute Gasteiger partial charge is 0.448 e. The van der Waals surface area contributed by atoms with E-state index in [0.29, 0.717) is 11.4 Å². The number of hydrogen-bond donors (Lipinski definition) is 1. The minimum atomic E-state index is -0.897. The lowest BCUT2D eigenvalue weighted by molar-refractivity contribution is -0.123. The lowest BCUT2D eigenvalue weighted by atomic mass is 10.1. The molecule has 5 heteroatoms. The van der Waals surface area contributed by atoms with Crippen molar-refractivity contribution >= 4 is 28.3 Å². The molecule has 1 N–H and O–H groups in total. The number of esters is 1. The summed E-state index contributed by atoms with van der Waals surface area (Å²) < 4.78 is 6.90. The maximum Gasteiger partial charge on any atom is 0.355 e. The van der Waals surface area contributed by atoms with Gasteiger partial charge in [-0.25, -0.2) is 4.79 Å². The molecule has 24 heavy (non-hydrogen) atoms. The average molecular weight is 322 g/mol. The highest BCUT2D eigenvalue weighted by Gasteiger charge is 2.20. The molecule has 3 aromatic rings. The third-order valence-corrected chi connectivity index (χ3v) is 3.85. The molecule has 0 aliphatic carbocycles. The van der Waals surface area contributed by atoms with E-state index in [-0.39, 0.29) is 5.91 Å². The second kappa shape index (κ2) is 6.58. The van der Waals surface area contributed by atoms with Gasteiger partial charge in [-0.2, -0.15) is 0 Å². The molecule has 0 spiro atoms. The number of anilines is 1. The molecule has 5 nitrogen and oxygen atoms in total. The fourth-order valence-corrected chi connectivity index (χ4v) is 2.52.